The van der Waals surface area contributed by atoms with Crippen LogP contribution in [0, 0.1) is 17.8 Å². The van der Waals surface area contributed by atoms with Crippen molar-refractivity contribution < 1.29 is 9.84 Å². The van der Waals surface area contributed by atoms with Gasteiger partial charge in [0, 0.05) is 5.56 Å². The third-order valence-electron chi connectivity index (χ3n) is 5.51. The average Bonchev–Trinajstić information content (AvgIpc) is 3.36. The Balaban J connectivity index is 1.70. The van der Waals surface area contributed by atoms with E-state index in [0.717, 1.165) is 30.4 Å². The number of rotatable bonds is 1. The highest BCUT2D eigenvalue weighted by molar-refractivity contribution is 5.42. The van der Waals surface area contributed by atoms with E-state index in [1.807, 2.05) is 48.5 Å². The fourth-order valence-electron chi connectivity index (χ4n) is 4.03. The Morgan fingerprint density at radius 2 is 1.71 bits per heavy atom. The van der Waals surface area contributed by atoms with Gasteiger partial charge in [-0.15, -0.1) is 0 Å². The zero-order valence-electron chi connectivity index (χ0n) is 13.9. The van der Waals surface area contributed by atoms with Crippen LogP contribution in [-0.4, -0.2) is 16.3 Å². The summed E-state index contributed by atoms with van der Waals surface area (Å²) in [5, 5.41) is 11.5. The van der Waals surface area contributed by atoms with Gasteiger partial charge in [0.05, 0.1) is 0 Å². The Labute approximate surface area is 143 Å². The Kier molecular flexibility index (Phi) is 3.72. The first-order valence-electron chi connectivity index (χ1n) is 8.69. The predicted octanol–water partition coefficient (Wildman–Crippen LogP) is 4.10. The summed E-state index contributed by atoms with van der Waals surface area (Å²) in [6.07, 6.45) is 2.85. The Morgan fingerprint density at radius 3 is 2.42 bits per heavy atom. The van der Waals surface area contributed by atoms with E-state index in [-0.39, 0.29) is 12.0 Å². The first-order valence-corrected chi connectivity index (χ1v) is 8.69. The van der Waals surface area contributed by atoms with Crippen molar-refractivity contribution in [3.63, 3.8) is 0 Å². The number of benzene rings is 2. The molecule has 1 N–H and O–H groups in total. The van der Waals surface area contributed by atoms with Crippen LogP contribution in [0.3, 0.4) is 0 Å². The van der Waals surface area contributed by atoms with E-state index in [1.54, 1.807) is 0 Å². The molecule has 1 aliphatic heterocycles. The van der Waals surface area contributed by atoms with Crippen molar-refractivity contribution in [1.29, 1.82) is 0 Å². The van der Waals surface area contributed by atoms with Gasteiger partial charge < -0.3 is 9.84 Å². The van der Waals surface area contributed by atoms with E-state index in [0.29, 0.717) is 0 Å². The third kappa shape index (κ3) is 2.36. The fourth-order valence-corrected chi connectivity index (χ4v) is 4.03. The lowest BCUT2D eigenvalue weighted by molar-refractivity contribution is -0.0567. The van der Waals surface area contributed by atoms with Gasteiger partial charge in [-0.25, -0.2) is 0 Å². The zero-order chi connectivity index (χ0) is 16.6. The van der Waals surface area contributed by atoms with E-state index < -0.39 is 11.2 Å². The molecule has 0 unspecified atom stereocenters. The van der Waals surface area contributed by atoms with Gasteiger partial charge in [0.2, 0.25) is 0 Å². The standard InChI is InChI=1S/C22H22O2/c1-17-9-8-15-22(20(24-22)19-12-6-3-7-13-19)21(17,23)16-14-18-10-4-2-5-11-18/h2-7,10-13,17,20,23H,8-9,15H2,1H3/t17-,20-,21+,22+/m0/s1. The van der Waals surface area contributed by atoms with E-state index in [2.05, 4.69) is 30.9 Å². The molecule has 0 bridgehead atoms. The van der Waals surface area contributed by atoms with Crippen molar-refractivity contribution in [1.82, 2.24) is 0 Å². The van der Waals surface area contributed by atoms with Crippen LogP contribution >= 0.6 is 0 Å². The zero-order valence-corrected chi connectivity index (χ0v) is 13.9. The van der Waals surface area contributed by atoms with Crippen LogP contribution in [-0.2, 0) is 4.74 Å². The molecule has 2 fully saturated rings. The molecule has 1 heterocycles. The SMILES string of the molecule is C[C@H]1CCC[C@]2(O[C@H]2c2ccccc2)[C@@]1(O)C#Cc1ccccc1. The summed E-state index contributed by atoms with van der Waals surface area (Å²) < 4.78 is 6.15. The number of epoxide rings is 1. The minimum Gasteiger partial charge on any atom is -0.374 e. The molecule has 1 saturated carbocycles. The summed E-state index contributed by atoms with van der Waals surface area (Å²) in [7, 11) is 0. The van der Waals surface area contributed by atoms with Crippen molar-refractivity contribution in [3.05, 3.63) is 71.8 Å². The van der Waals surface area contributed by atoms with Crippen LogP contribution < -0.4 is 0 Å². The van der Waals surface area contributed by atoms with Crippen molar-refractivity contribution in [3.8, 4) is 11.8 Å². The van der Waals surface area contributed by atoms with E-state index in [9.17, 15) is 5.11 Å². The molecular formula is C22H22O2. The Bertz CT molecular complexity index is 774. The third-order valence-corrected chi connectivity index (χ3v) is 5.51. The molecular weight excluding hydrogens is 296 g/mol. The molecule has 2 heteroatoms. The Hall–Kier alpha value is -2.08. The largest absolute Gasteiger partial charge is 0.374 e. The van der Waals surface area contributed by atoms with Crippen molar-refractivity contribution >= 4 is 0 Å². The summed E-state index contributed by atoms with van der Waals surface area (Å²) in [4.78, 5) is 0. The van der Waals surface area contributed by atoms with Crippen LogP contribution in [0.5, 0.6) is 0 Å². The molecule has 1 saturated heterocycles. The van der Waals surface area contributed by atoms with Crippen LogP contribution in [0.2, 0.25) is 0 Å². The Morgan fingerprint density at radius 1 is 1.04 bits per heavy atom. The van der Waals surface area contributed by atoms with Gasteiger partial charge in [0.1, 0.15) is 11.7 Å². The molecule has 0 aromatic heterocycles. The summed E-state index contributed by atoms with van der Waals surface area (Å²) >= 11 is 0. The molecule has 4 atom stereocenters. The quantitative estimate of drug-likeness (QED) is 0.634. The minimum absolute atomic E-state index is 0.0588. The summed E-state index contributed by atoms with van der Waals surface area (Å²) in [6, 6.07) is 20.0. The second-order valence-electron chi connectivity index (χ2n) is 6.97. The average molecular weight is 318 g/mol. The number of hydrogen-bond acceptors (Lipinski definition) is 2. The molecule has 24 heavy (non-hydrogen) atoms. The van der Waals surface area contributed by atoms with Crippen molar-refractivity contribution in [2.24, 2.45) is 5.92 Å². The molecule has 2 nitrogen and oxygen atoms in total. The highest BCUT2D eigenvalue weighted by atomic mass is 16.6. The van der Waals surface area contributed by atoms with Gasteiger partial charge in [-0.1, -0.05) is 67.3 Å². The van der Waals surface area contributed by atoms with Crippen LogP contribution in [0.15, 0.2) is 60.7 Å². The number of hydrogen-bond donors (Lipinski definition) is 1. The van der Waals surface area contributed by atoms with E-state index in [1.165, 1.54) is 0 Å². The minimum atomic E-state index is -1.11. The lowest BCUT2D eigenvalue weighted by atomic mass is 9.66. The van der Waals surface area contributed by atoms with Gasteiger partial charge in [-0.3, -0.25) is 0 Å². The van der Waals surface area contributed by atoms with Gasteiger partial charge >= 0.3 is 0 Å². The maximum absolute atomic E-state index is 11.5. The van der Waals surface area contributed by atoms with Gasteiger partial charge in [0.25, 0.3) is 0 Å². The molecule has 4 rings (SSSR count). The second-order valence-corrected chi connectivity index (χ2v) is 6.97. The summed E-state index contributed by atoms with van der Waals surface area (Å²) in [5.41, 5.74) is 0.386. The molecule has 2 aromatic rings. The predicted molar refractivity (Wildman–Crippen MR) is 94.3 cm³/mol. The molecule has 1 spiro atoms. The van der Waals surface area contributed by atoms with Gasteiger partial charge in [-0.05, 0) is 42.9 Å². The van der Waals surface area contributed by atoms with Crippen LogP contribution in [0.4, 0.5) is 0 Å². The van der Waals surface area contributed by atoms with Crippen LogP contribution in [0.25, 0.3) is 0 Å². The molecule has 2 aliphatic rings. The maximum Gasteiger partial charge on any atom is 0.159 e. The topological polar surface area (TPSA) is 32.8 Å². The summed E-state index contributed by atoms with van der Waals surface area (Å²) in [6.45, 7) is 2.09. The molecule has 0 amide bonds. The molecule has 122 valence electrons. The van der Waals surface area contributed by atoms with E-state index >= 15 is 0 Å². The normalized spacial score (nSPS) is 34.4. The highest BCUT2D eigenvalue weighted by Crippen LogP contribution is 2.63. The van der Waals surface area contributed by atoms with Crippen LogP contribution in [0.1, 0.15) is 43.4 Å². The first kappa shape index (κ1) is 15.4. The smallest absolute Gasteiger partial charge is 0.159 e. The second kappa shape index (κ2) is 5.77. The number of aliphatic hydroxyl groups is 1. The van der Waals surface area contributed by atoms with Gasteiger partial charge in [0.15, 0.2) is 5.60 Å². The monoisotopic (exact) mass is 318 g/mol. The lowest BCUT2D eigenvalue weighted by Crippen LogP contribution is -2.52. The maximum atomic E-state index is 11.5. The van der Waals surface area contributed by atoms with Crippen molar-refractivity contribution in [2.45, 2.75) is 43.5 Å². The molecule has 0 radical (unpaired) electrons. The fraction of sp³-hybridized carbons (Fsp3) is 0.364. The van der Waals surface area contributed by atoms with Crippen molar-refractivity contribution in [2.75, 3.05) is 0 Å². The molecule has 1 aliphatic carbocycles. The first-order chi connectivity index (χ1) is 11.7. The molecule has 2 aromatic carbocycles. The lowest BCUT2D eigenvalue weighted by Gasteiger charge is -2.39. The summed E-state index contributed by atoms with van der Waals surface area (Å²) in [5.74, 6) is 6.46. The van der Waals surface area contributed by atoms with Gasteiger partial charge in [-0.2, -0.15) is 0 Å². The van der Waals surface area contributed by atoms with E-state index in [4.69, 9.17) is 4.74 Å². The highest BCUT2D eigenvalue weighted by Gasteiger charge is 2.71. The number of ether oxygens (including phenoxy) is 1.